The molecule has 0 fully saturated rings. The molecule has 0 aromatic heterocycles. The van der Waals surface area contributed by atoms with E-state index in [1.54, 1.807) is 13.0 Å². The molecule has 0 amide bonds. The van der Waals surface area contributed by atoms with Gasteiger partial charge in [-0.05, 0) is 19.4 Å². The second-order valence-electron chi connectivity index (χ2n) is 2.36. The first-order valence-corrected chi connectivity index (χ1v) is 5.17. The van der Waals surface area contributed by atoms with Gasteiger partial charge in [-0.25, -0.2) is 0 Å². The summed E-state index contributed by atoms with van der Waals surface area (Å²) in [5.41, 5.74) is 0. The zero-order chi connectivity index (χ0) is 9.61. The van der Waals surface area contributed by atoms with Crippen molar-refractivity contribution in [3.05, 3.63) is 12.2 Å². The zero-order valence-electron chi connectivity index (χ0n) is 8.86. The smallest absolute Gasteiger partial charge is 1.00 e. The van der Waals surface area contributed by atoms with Crippen LogP contribution >= 0.6 is 0 Å². The summed E-state index contributed by atoms with van der Waals surface area (Å²) in [5.74, 6) is -0.475. The predicted molar refractivity (Wildman–Crippen MR) is 46.6 cm³/mol. The van der Waals surface area contributed by atoms with Gasteiger partial charge >= 0.3 is 29.6 Å². The first-order valence-electron chi connectivity index (χ1n) is 3.56. The maximum absolute atomic E-state index is 10.8. The predicted octanol–water partition coefficient (Wildman–Crippen LogP) is -2.08. The third-order valence-corrected chi connectivity index (χ3v) is 1.98. The average Bonchev–Trinajstić information content (AvgIpc) is 1.84. The van der Waals surface area contributed by atoms with Gasteiger partial charge in [-0.3, -0.25) is 9.35 Å². The molecule has 0 atom stereocenters. The Labute approximate surface area is 102 Å². The molecule has 0 aliphatic rings. The summed E-state index contributed by atoms with van der Waals surface area (Å²) in [6, 6.07) is 0. The Morgan fingerprint density at radius 1 is 1.54 bits per heavy atom. The zero-order valence-corrected chi connectivity index (χ0v) is 10.7. The van der Waals surface area contributed by atoms with E-state index >= 15 is 0 Å². The van der Waals surface area contributed by atoms with Crippen LogP contribution in [0, 0.1) is 0 Å². The number of hydrogen-bond acceptors (Lipinski definition) is 3. The minimum Gasteiger partial charge on any atom is -1.00 e. The van der Waals surface area contributed by atoms with Crippen LogP contribution in [-0.2, 0) is 14.9 Å². The Morgan fingerprint density at radius 3 is 2.46 bits per heavy atom. The molecule has 0 aromatic rings. The minimum absolute atomic E-state index is 0. The van der Waals surface area contributed by atoms with E-state index in [1.165, 1.54) is 6.08 Å². The van der Waals surface area contributed by atoms with Crippen LogP contribution in [0.1, 0.15) is 21.2 Å². The molecule has 13 heavy (non-hydrogen) atoms. The second kappa shape index (κ2) is 7.70. The summed E-state index contributed by atoms with van der Waals surface area (Å²) in [6.07, 6.45) is 3.30. The van der Waals surface area contributed by atoms with E-state index in [2.05, 4.69) is 0 Å². The fourth-order valence-electron chi connectivity index (χ4n) is 0.698. The van der Waals surface area contributed by atoms with Gasteiger partial charge in [0.15, 0.2) is 5.78 Å². The van der Waals surface area contributed by atoms with Crippen molar-refractivity contribution in [2.24, 2.45) is 0 Å². The van der Waals surface area contributed by atoms with Crippen LogP contribution in [-0.4, -0.2) is 24.5 Å². The Morgan fingerprint density at radius 2 is 2.08 bits per heavy atom. The van der Waals surface area contributed by atoms with Crippen molar-refractivity contribution >= 4 is 15.9 Å². The normalized spacial score (nSPS) is 11.2. The summed E-state index contributed by atoms with van der Waals surface area (Å²) in [6.45, 7) is 1.71. The van der Waals surface area contributed by atoms with Crippen molar-refractivity contribution in [3.8, 4) is 0 Å². The van der Waals surface area contributed by atoms with E-state index in [4.69, 9.17) is 4.55 Å². The summed E-state index contributed by atoms with van der Waals surface area (Å²) in [5, 5.41) is 0. The summed E-state index contributed by atoms with van der Waals surface area (Å²) >= 11 is 0. The largest absolute Gasteiger partial charge is 1.00 e. The molecule has 0 spiro atoms. The van der Waals surface area contributed by atoms with Crippen molar-refractivity contribution < 1.29 is 48.7 Å². The molecule has 0 bridgehead atoms. The SMILES string of the molecule is CC=CC(=O)CCCS(=O)(=O)O.[H-].[Na+]. The Bertz CT molecular complexity index is 273. The number of allylic oxidation sites excluding steroid dienone is 2. The fourth-order valence-corrected chi connectivity index (χ4v) is 1.21. The molecule has 6 heteroatoms. The van der Waals surface area contributed by atoms with Gasteiger partial charge in [0.05, 0.1) is 5.75 Å². The van der Waals surface area contributed by atoms with Gasteiger partial charge in [0.25, 0.3) is 10.1 Å². The van der Waals surface area contributed by atoms with E-state index in [9.17, 15) is 13.2 Å². The molecule has 0 heterocycles. The molecule has 0 saturated heterocycles. The molecule has 0 radical (unpaired) electrons. The van der Waals surface area contributed by atoms with Crippen LogP contribution in [0.3, 0.4) is 0 Å². The third kappa shape index (κ3) is 12.3. The van der Waals surface area contributed by atoms with E-state index in [-0.39, 0.29) is 55.4 Å². The summed E-state index contributed by atoms with van der Waals surface area (Å²) in [7, 11) is -3.91. The first-order chi connectivity index (χ1) is 5.45. The number of carbonyl (C=O) groups excluding carboxylic acids is 1. The van der Waals surface area contributed by atoms with Crippen molar-refractivity contribution in [3.63, 3.8) is 0 Å². The standard InChI is InChI=1S/C7H12O4S.Na.H/c1-2-4-7(8)5-3-6-12(9,10)11;;/h2,4H,3,5-6H2,1H3,(H,9,10,11);;/q;+1;-1. The Balaban J connectivity index is -0.000000605. The van der Waals surface area contributed by atoms with Crippen molar-refractivity contribution in [1.82, 2.24) is 0 Å². The van der Waals surface area contributed by atoms with Crippen LogP contribution in [0.2, 0.25) is 0 Å². The van der Waals surface area contributed by atoms with Gasteiger partial charge in [-0.15, -0.1) is 0 Å². The van der Waals surface area contributed by atoms with Crippen LogP contribution in [0.15, 0.2) is 12.2 Å². The van der Waals surface area contributed by atoms with Gasteiger partial charge < -0.3 is 1.43 Å². The van der Waals surface area contributed by atoms with Gasteiger partial charge in [-0.1, -0.05) is 6.08 Å². The molecular formula is C7H13NaO4S. The van der Waals surface area contributed by atoms with E-state index in [1.807, 2.05) is 0 Å². The van der Waals surface area contributed by atoms with Crippen molar-refractivity contribution in [1.29, 1.82) is 0 Å². The second-order valence-corrected chi connectivity index (χ2v) is 3.93. The average molecular weight is 216 g/mol. The number of carbonyl (C=O) groups is 1. The summed E-state index contributed by atoms with van der Waals surface area (Å²) in [4.78, 5) is 10.8. The molecule has 72 valence electrons. The van der Waals surface area contributed by atoms with Crippen molar-refractivity contribution in [2.45, 2.75) is 19.8 Å². The first kappa shape index (κ1) is 15.8. The number of rotatable bonds is 5. The van der Waals surface area contributed by atoms with Gasteiger partial charge in [0.1, 0.15) is 0 Å². The molecular weight excluding hydrogens is 203 g/mol. The molecule has 0 aliphatic carbocycles. The molecule has 0 aromatic carbocycles. The molecule has 0 aliphatic heterocycles. The topological polar surface area (TPSA) is 71.4 Å². The maximum atomic E-state index is 10.8. The summed E-state index contributed by atoms with van der Waals surface area (Å²) < 4.78 is 28.7. The fraction of sp³-hybridized carbons (Fsp3) is 0.571. The van der Waals surface area contributed by atoms with Gasteiger partial charge in [-0.2, -0.15) is 8.42 Å². The van der Waals surface area contributed by atoms with Gasteiger partial charge in [0, 0.05) is 6.42 Å². The molecule has 0 unspecified atom stereocenters. The van der Waals surface area contributed by atoms with Crippen LogP contribution in [0.5, 0.6) is 0 Å². The number of ketones is 1. The monoisotopic (exact) mass is 216 g/mol. The van der Waals surface area contributed by atoms with E-state index in [0.29, 0.717) is 0 Å². The third-order valence-electron chi connectivity index (χ3n) is 1.18. The van der Waals surface area contributed by atoms with Crippen molar-refractivity contribution in [2.75, 3.05) is 5.75 Å². The quantitative estimate of drug-likeness (QED) is 0.325. The van der Waals surface area contributed by atoms with Crippen LogP contribution in [0.25, 0.3) is 0 Å². The Hall–Kier alpha value is 0.320. The van der Waals surface area contributed by atoms with Crippen LogP contribution < -0.4 is 29.6 Å². The van der Waals surface area contributed by atoms with Crippen LogP contribution in [0.4, 0.5) is 0 Å². The molecule has 0 saturated carbocycles. The van der Waals surface area contributed by atoms with Gasteiger partial charge in [0.2, 0.25) is 0 Å². The Kier molecular flexibility index (Phi) is 9.34. The minimum atomic E-state index is -3.91. The molecule has 0 rings (SSSR count). The number of hydrogen-bond donors (Lipinski definition) is 1. The van der Waals surface area contributed by atoms with E-state index in [0.717, 1.165) is 0 Å². The van der Waals surface area contributed by atoms with E-state index < -0.39 is 10.1 Å². The molecule has 4 nitrogen and oxygen atoms in total. The molecule has 1 N–H and O–H groups in total. The maximum Gasteiger partial charge on any atom is 1.00 e.